The van der Waals surface area contributed by atoms with E-state index in [4.69, 9.17) is 5.14 Å². The lowest BCUT2D eigenvalue weighted by Gasteiger charge is -2.12. The van der Waals surface area contributed by atoms with Crippen molar-refractivity contribution in [1.82, 2.24) is 24.1 Å². The number of aryl methyl sites for hydroxylation is 1. The number of sulfone groups is 1. The summed E-state index contributed by atoms with van der Waals surface area (Å²) < 4.78 is 155. The van der Waals surface area contributed by atoms with Crippen LogP contribution in [0.1, 0.15) is 17.1 Å². The number of sulfonamides is 2. The summed E-state index contributed by atoms with van der Waals surface area (Å²) in [5, 5.41) is 5.21. The Morgan fingerprint density at radius 3 is 1.80 bits per heavy atom. The number of alkyl halides is 6. The number of primary sulfonamides is 1. The molecule has 0 saturated heterocycles. The van der Waals surface area contributed by atoms with Crippen LogP contribution >= 0.6 is 0 Å². The molecule has 0 aliphatic heterocycles. The first-order chi connectivity index (χ1) is 25.5. The van der Waals surface area contributed by atoms with Crippen molar-refractivity contribution < 1.29 is 51.6 Å². The fourth-order valence-electron chi connectivity index (χ4n) is 4.93. The van der Waals surface area contributed by atoms with E-state index in [1.54, 1.807) is 25.1 Å². The summed E-state index contributed by atoms with van der Waals surface area (Å²) in [4.78, 5) is 10.6. The zero-order valence-corrected chi connectivity index (χ0v) is 30.6. The van der Waals surface area contributed by atoms with Crippen LogP contribution in [0.3, 0.4) is 0 Å². The van der Waals surface area contributed by atoms with Crippen molar-refractivity contribution in [2.45, 2.75) is 34.0 Å². The number of nitrogens with one attached hydrogen (secondary N) is 1. The van der Waals surface area contributed by atoms with E-state index < -0.39 is 59.6 Å². The number of pyridine rings is 1. The molecule has 0 unspecified atom stereocenters. The minimum atomic E-state index is -4.81. The Labute approximate surface area is 310 Å². The van der Waals surface area contributed by atoms with Gasteiger partial charge in [0.1, 0.15) is 10.7 Å². The number of aromatic nitrogens is 5. The summed E-state index contributed by atoms with van der Waals surface area (Å²) in [6.45, 7) is 1.62. The zero-order chi connectivity index (χ0) is 40.6. The normalized spacial score (nSPS) is 12.5. The summed E-state index contributed by atoms with van der Waals surface area (Å²) in [6, 6.07) is 20.6. The van der Waals surface area contributed by atoms with E-state index in [9.17, 15) is 51.6 Å². The van der Waals surface area contributed by atoms with Crippen molar-refractivity contribution in [2.75, 3.05) is 11.0 Å². The fraction of sp³-hybridized carbons (Fsp3) is 0.121. The summed E-state index contributed by atoms with van der Waals surface area (Å²) in [6.07, 6.45) is -5.67. The number of halogens is 6. The first-order valence-electron chi connectivity index (χ1n) is 15.2. The average molecular weight is 828 g/mol. The van der Waals surface area contributed by atoms with E-state index >= 15 is 0 Å². The van der Waals surface area contributed by atoms with E-state index in [0.29, 0.717) is 17.5 Å². The lowest BCUT2D eigenvalue weighted by Crippen LogP contribution is -2.16. The maximum absolute atomic E-state index is 13.2. The third-order valence-electron chi connectivity index (χ3n) is 7.49. The van der Waals surface area contributed by atoms with Crippen LogP contribution in [0.2, 0.25) is 0 Å². The molecule has 3 N–H and O–H groups in total. The molecular formula is C33H27F6N7O6S3. The van der Waals surface area contributed by atoms with Crippen molar-refractivity contribution in [1.29, 1.82) is 0 Å². The summed E-state index contributed by atoms with van der Waals surface area (Å²) >= 11 is 0. The Kier molecular flexibility index (Phi) is 11.0. The standard InChI is InChI=1S/C17H14F3N3O4S2.C16H13F3N4O2S/c1-28(24,25)13-9-7-12(8-10-13)23-11-15(17(18,19)20)21-16(23)22-29(26,27)14-5-3-2-4-6-14;1-10-11(5-4-8-21-10)15-22-14(16(17,18)19)9-23(15)12-6-2-3-7-13(12)26(20,24)25/h2-11H,1H3,(H,21,22);2-9H,1H3,(H2,20,24,25). The molecule has 0 spiro atoms. The van der Waals surface area contributed by atoms with Crippen LogP contribution in [0.15, 0.2) is 124 Å². The van der Waals surface area contributed by atoms with Gasteiger partial charge in [0.05, 0.1) is 15.5 Å². The monoisotopic (exact) mass is 827 g/mol. The number of nitrogens with zero attached hydrogens (tertiary/aromatic N) is 5. The van der Waals surface area contributed by atoms with Gasteiger partial charge in [0.25, 0.3) is 10.0 Å². The Morgan fingerprint density at radius 2 is 1.24 bits per heavy atom. The Hall–Kier alpha value is -5.58. The number of rotatable bonds is 8. The molecule has 290 valence electrons. The van der Waals surface area contributed by atoms with Gasteiger partial charge >= 0.3 is 12.4 Å². The van der Waals surface area contributed by atoms with Gasteiger partial charge in [-0.1, -0.05) is 30.3 Å². The van der Waals surface area contributed by atoms with Crippen molar-refractivity contribution in [2.24, 2.45) is 5.14 Å². The maximum atomic E-state index is 13.2. The van der Waals surface area contributed by atoms with Gasteiger partial charge in [-0.15, -0.1) is 0 Å². The zero-order valence-electron chi connectivity index (χ0n) is 28.1. The molecule has 0 atom stereocenters. The van der Waals surface area contributed by atoms with Crippen molar-refractivity contribution in [3.05, 3.63) is 127 Å². The molecule has 0 aliphatic rings. The Balaban J connectivity index is 0.000000212. The van der Waals surface area contributed by atoms with E-state index in [-0.39, 0.29) is 31.9 Å². The molecule has 0 amide bonds. The van der Waals surface area contributed by atoms with Crippen LogP contribution in [0, 0.1) is 6.92 Å². The lowest BCUT2D eigenvalue weighted by atomic mass is 10.2. The van der Waals surface area contributed by atoms with Crippen molar-refractivity contribution in [3.8, 4) is 22.8 Å². The molecule has 0 fully saturated rings. The molecule has 22 heteroatoms. The highest BCUT2D eigenvalue weighted by Crippen LogP contribution is 2.35. The van der Waals surface area contributed by atoms with Gasteiger partial charge in [0.15, 0.2) is 21.2 Å². The lowest BCUT2D eigenvalue weighted by molar-refractivity contribution is -0.141. The molecule has 3 aromatic carbocycles. The van der Waals surface area contributed by atoms with E-state index in [1.807, 2.05) is 4.72 Å². The van der Waals surface area contributed by atoms with Crippen LogP contribution in [-0.2, 0) is 42.2 Å². The maximum Gasteiger partial charge on any atom is 0.434 e. The predicted molar refractivity (Wildman–Crippen MR) is 187 cm³/mol. The molecule has 0 bridgehead atoms. The first-order valence-corrected chi connectivity index (χ1v) is 20.1. The van der Waals surface area contributed by atoms with Crippen LogP contribution in [0.25, 0.3) is 22.8 Å². The summed E-state index contributed by atoms with van der Waals surface area (Å²) in [7, 11) is -11.9. The van der Waals surface area contributed by atoms with Gasteiger partial charge in [0, 0.05) is 41.8 Å². The highest BCUT2D eigenvalue weighted by Gasteiger charge is 2.37. The third-order valence-corrected chi connectivity index (χ3v) is 10.9. The van der Waals surface area contributed by atoms with E-state index in [1.165, 1.54) is 79.0 Å². The second-order valence-corrected chi connectivity index (χ2v) is 16.7. The number of anilines is 1. The number of imidazole rings is 2. The minimum absolute atomic E-state index is 0.0312. The number of nitrogens with two attached hydrogens (primary N) is 1. The number of benzene rings is 3. The van der Waals surface area contributed by atoms with Crippen molar-refractivity contribution in [3.63, 3.8) is 0 Å². The van der Waals surface area contributed by atoms with E-state index in [2.05, 4.69) is 15.0 Å². The second kappa shape index (κ2) is 14.9. The molecule has 0 radical (unpaired) electrons. The third kappa shape index (κ3) is 9.39. The second-order valence-electron chi connectivity index (χ2n) is 11.5. The Bertz CT molecular complexity index is 2680. The number of hydrogen-bond acceptors (Lipinski definition) is 9. The highest BCUT2D eigenvalue weighted by atomic mass is 32.2. The van der Waals surface area contributed by atoms with Gasteiger partial charge in [0.2, 0.25) is 16.0 Å². The molecule has 13 nitrogen and oxygen atoms in total. The summed E-state index contributed by atoms with van der Waals surface area (Å²) in [5.74, 6) is -0.674. The topological polar surface area (TPSA) is 189 Å². The first kappa shape index (κ1) is 40.6. The van der Waals surface area contributed by atoms with Crippen LogP contribution in [0.4, 0.5) is 32.3 Å². The largest absolute Gasteiger partial charge is 0.434 e. The molecular weight excluding hydrogens is 801 g/mol. The molecule has 6 aromatic rings. The van der Waals surface area contributed by atoms with E-state index in [0.717, 1.165) is 21.6 Å². The van der Waals surface area contributed by atoms with Crippen LogP contribution in [-0.4, -0.2) is 55.6 Å². The molecule has 3 heterocycles. The quantitative estimate of drug-likeness (QED) is 0.173. The molecule has 0 aliphatic carbocycles. The molecule has 3 aromatic heterocycles. The van der Waals surface area contributed by atoms with Crippen molar-refractivity contribution >= 4 is 35.8 Å². The van der Waals surface area contributed by atoms with Gasteiger partial charge in [-0.2, -0.15) is 26.3 Å². The van der Waals surface area contributed by atoms with Gasteiger partial charge in [-0.3, -0.25) is 14.1 Å². The fourth-order valence-corrected chi connectivity index (χ4v) is 7.30. The van der Waals surface area contributed by atoms with Gasteiger partial charge in [-0.25, -0.2) is 45.1 Å². The number of para-hydroxylation sites is 1. The SMILES string of the molecule is CS(=O)(=O)c1ccc(-n2cc(C(F)(F)F)nc2NS(=O)(=O)c2ccccc2)cc1.Cc1ncccc1-c1nc(C(F)(F)F)cn1-c1ccccc1S(N)(=O)=O. The molecule has 0 saturated carbocycles. The Morgan fingerprint density at radius 1 is 0.673 bits per heavy atom. The van der Waals surface area contributed by atoms with Crippen LogP contribution in [0.5, 0.6) is 0 Å². The van der Waals surface area contributed by atoms with Gasteiger partial charge < -0.3 is 0 Å². The minimum Gasteiger partial charge on any atom is -0.298 e. The van der Waals surface area contributed by atoms with Gasteiger partial charge in [-0.05, 0) is 67.6 Å². The molecule has 55 heavy (non-hydrogen) atoms. The number of hydrogen-bond donors (Lipinski definition) is 2. The smallest absolute Gasteiger partial charge is 0.298 e. The molecule has 6 rings (SSSR count). The average Bonchev–Trinajstić information content (AvgIpc) is 3.74. The van der Waals surface area contributed by atoms with Crippen LogP contribution < -0.4 is 9.86 Å². The highest BCUT2D eigenvalue weighted by molar-refractivity contribution is 7.92. The predicted octanol–water partition coefficient (Wildman–Crippen LogP) is 6.00. The summed E-state index contributed by atoms with van der Waals surface area (Å²) in [5.41, 5.74) is -1.62.